The molecule has 0 unspecified atom stereocenters. The van der Waals surface area contributed by atoms with Gasteiger partial charge < -0.3 is 4.90 Å². The first-order valence-electron chi connectivity index (χ1n) is 8.35. The highest BCUT2D eigenvalue weighted by molar-refractivity contribution is 7.89. The highest BCUT2D eigenvalue weighted by Crippen LogP contribution is 2.43. The standard InChI is InChI=1S/C18H19N3O3S/c1-12-16-10-15(9-13-5-4-8-21(17(13)16)18(12)22)25(23,24)20-11-14-6-2-3-7-19-14/h2-3,6-7,9-10,12,20H,4-5,8,11H2,1H3/t12-/m1/s1. The van der Waals surface area contributed by atoms with Crippen molar-refractivity contribution in [3.63, 3.8) is 0 Å². The minimum atomic E-state index is -3.67. The molecule has 7 heteroatoms. The minimum absolute atomic E-state index is 0.0620. The summed E-state index contributed by atoms with van der Waals surface area (Å²) in [6.07, 6.45) is 3.28. The Labute approximate surface area is 146 Å². The number of amides is 1. The number of benzene rings is 1. The van der Waals surface area contributed by atoms with Gasteiger partial charge in [-0.05, 0) is 55.2 Å². The predicted molar refractivity (Wildman–Crippen MR) is 93.8 cm³/mol. The fourth-order valence-electron chi connectivity index (χ4n) is 3.58. The van der Waals surface area contributed by atoms with Crippen LogP contribution in [0.1, 0.15) is 36.1 Å². The predicted octanol–water partition coefficient (Wildman–Crippen LogP) is 1.96. The lowest BCUT2D eigenvalue weighted by molar-refractivity contribution is -0.119. The lowest BCUT2D eigenvalue weighted by Crippen LogP contribution is -2.32. The summed E-state index contributed by atoms with van der Waals surface area (Å²) in [5.74, 6) is -0.232. The van der Waals surface area contributed by atoms with Gasteiger partial charge in [0.05, 0.1) is 28.7 Å². The molecule has 2 aliphatic heterocycles. The fraction of sp³-hybridized carbons (Fsp3) is 0.333. The van der Waals surface area contributed by atoms with E-state index in [4.69, 9.17) is 0 Å². The smallest absolute Gasteiger partial charge is 0.240 e. The number of hydrogen-bond acceptors (Lipinski definition) is 4. The maximum Gasteiger partial charge on any atom is 0.240 e. The number of aryl methyl sites for hydroxylation is 1. The molecular formula is C18H19N3O3S. The summed E-state index contributed by atoms with van der Waals surface area (Å²) in [5, 5.41) is 0. The third-order valence-corrected chi connectivity index (χ3v) is 6.25. The van der Waals surface area contributed by atoms with Crippen LogP contribution in [0.15, 0.2) is 41.4 Å². The Kier molecular flexibility index (Phi) is 3.85. The average Bonchev–Trinajstić information content (AvgIpc) is 2.88. The molecular weight excluding hydrogens is 338 g/mol. The molecule has 130 valence electrons. The van der Waals surface area contributed by atoms with Crippen LogP contribution in [0.2, 0.25) is 0 Å². The number of nitrogens with one attached hydrogen (secondary N) is 1. The zero-order valence-electron chi connectivity index (χ0n) is 13.9. The molecule has 1 aromatic heterocycles. The van der Waals surface area contributed by atoms with Crippen LogP contribution in [-0.2, 0) is 27.8 Å². The van der Waals surface area contributed by atoms with Crippen molar-refractivity contribution in [1.82, 2.24) is 9.71 Å². The van der Waals surface area contributed by atoms with Gasteiger partial charge in [0.2, 0.25) is 15.9 Å². The van der Waals surface area contributed by atoms with Crippen molar-refractivity contribution in [3.8, 4) is 0 Å². The average molecular weight is 357 g/mol. The monoisotopic (exact) mass is 357 g/mol. The van der Waals surface area contributed by atoms with Crippen LogP contribution in [0.4, 0.5) is 5.69 Å². The Bertz CT molecular complexity index is 942. The van der Waals surface area contributed by atoms with Crippen LogP contribution >= 0.6 is 0 Å². The second-order valence-electron chi connectivity index (χ2n) is 6.48. The largest absolute Gasteiger partial charge is 0.311 e. The summed E-state index contributed by atoms with van der Waals surface area (Å²) in [5.41, 5.74) is 3.34. The van der Waals surface area contributed by atoms with E-state index in [0.29, 0.717) is 12.2 Å². The molecule has 0 saturated carbocycles. The Balaban J connectivity index is 1.68. The normalized spacial score (nSPS) is 19.2. The van der Waals surface area contributed by atoms with Gasteiger partial charge in [0.15, 0.2) is 0 Å². The molecule has 0 bridgehead atoms. The maximum atomic E-state index is 12.7. The van der Waals surface area contributed by atoms with E-state index in [1.165, 1.54) is 0 Å². The topological polar surface area (TPSA) is 79.4 Å². The van der Waals surface area contributed by atoms with Crippen molar-refractivity contribution in [3.05, 3.63) is 53.3 Å². The van der Waals surface area contributed by atoms with Gasteiger partial charge in [-0.3, -0.25) is 9.78 Å². The van der Waals surface area contributed by atoms with Gasteiger partial charge in [-0.15, -0.1) is 0 Å². The van der Waals surface area contributed by atoms with E-state index in [0.717, 1.165) is 29.7 Å². The van der Waals surface area contributed by atoms with E-state index in [9.17, 15) is 13.2 Å². The van der Waals surface area contributed by atoms with E-state index in [1.807, 2.05) is 13.0 Å². The van der Waals surface area contributed by atoms with Crippen molar-refractivity contribution < 1.29 is 13.2 Å². The molecule has 2 aliphatic rings. The van der Waals surface area contributed by atoms with E-state index < -0.39 is 10.0 Å². The molecule has 1 amide bonds. The molecule has 0 aliphatic carbocycles. The van der Waals surface area contributed by atoms with Crippen LogP contribution < -0.4 is 9.62 Å². The second kappa shape index (κ2) is 5.93. The van der Waals surface area contributed by atoms with Gasteiger partial charge in [-0.2, -0.15) is 0 Å². The quantitative estimate of drug-likeness (QED) is 0.907. The van der Waals surface area contributed by atoms with Crippen LogP contribution in [0.5, 0.6) is 0 Å². The number of hydrogen-bond donors (Lipinski definition) is 1. The van der Waals surface area contributed by atoms with Gasteiger partial charge in [0.25, 0.3) is 0 Å². The highest BCUT2D eigenvalue weighted by atomic mass is 32.2. The molecule has 0 saturated heterocycles. The SMILES string of the molecule is C[C@H]1C(=O)N2CCCc3cc(S(=O)(=O)NCc4ccccn4)cc1c32. The van der Waals surface area contributed by atoms with E-state index in [-0.39, 0.29) is 23.3 Å². The van der Waals surface area contributed by atoms with Gasteiger partial charge in [0, 0.05) is 12.7 Å². The van der Waals surface area contributed by atoms with Crippen LogP contribution in [0.3, 0.4) is 0 Å². The first-order chi connectivity index (χ1) is 12.0. The van der Waals surface area contributed by atoms with Crippen LogP contribution in [-0.4, -0.2) is 25.9 Å². The molecule has 1 aromatic carbocycles. The Hall–Kier alpha value is -2.25. The summed E-state index contributed by atoms with van der Waals surface area (Å²) in [7, 11) is -3.67. The van der Waals surface area contributed by atoms with Gasteiger partial charge in [0.1, 0.15) is 0 Å². The molecule has 0 radical (unpaired) electrons. The van der Waals surface area contributed by atoms with Crippen LogP contribution in [0, 0.1) is 0 Å². The van der Waals surface area contributed by atoms with Crippen molar-refractivity contribution >= 4 is 21.6 Å². The lowest BCUT2D eigenvalue weighted by atomic mass is 9.97. The molecule has 0 fully saturated rings. The van der Waals surface area contributed by atoms with E-state index in [2.05, 4.69) is 9.71 Å². The fourth-order valence-corrected chi connectivity index (χ4v) is 4.66. The first kappa shape index (κ1) is 16.2. The molecule has 25 heavy (non-hydrogen) atoms. The van der Waals surface area contributed by atoms with Crippen molar-refractivity contribution in [2.24, 2.45) is 0 Å². The highest BCUT2D eigenvalue weighted by Gasteiger charge is 2.38. The maximum absolute atomic E-state index is 12.7. The van der Waals surface area contributed by atoms with Crippen molar-refractivity contribution in [2.45, 2.75) is 37.1 Å². The molecule has 0 spiro atoms. The number of sulfonamides is 1. The Morgan fingerprint density at radius 3 is 2.92 bits per heavy atom. The number of carbonyl (C=O) groups is 1. The van der Waals surface area contributed by atoms with Gasteiger partial charge in [-0.1, -0.05) is 6.07 Å². The van der Waals surface area contributed by atoms with Gasteiger partial charge >= 0.3 is 0 Å². The first-order valence-corrected chi connectivity index (χ1v) is 9.83. The Morgan fingerprint density at radius 1 is 1.32 bits per heavy atom. The lowest BCUT2D eigenvalue weighted by Gasteiger charge is -2.26. The van der Waals surface area contributed by atoms with E-state index >= 15 is 0 Å². The summed E-state index contributed by atoms with van der Waals surface area (Å²) >= 11 is 0. The molecule has 4 rings (SSSR count). The zero-order chi connectivity index (χ0) is 17.6. The number of anilines is 1. The number of nitrogens with zero attached hydrogens (tertiary/aromatic N) is 2. The molecule has 1 atom stereocenters. The number of carbonyl (C=O) groups excluding carboxylic acids is 1. The summed E-state index contributed by atoms with van der Waals surface area (Å²) < 4.78 is 28.0. The minimum Gasteiger partial charge on any atom is -0.311 e. The summed E-state index contributed by atoms with van der Waals surface area (Å²) in [6, 6.07) is 8.73. The third kappa shape index (κ3) is 2.73. The molecule has 6 nitrogen and oxygen atoms in total. The molecule has 2 aromatic rings. The van der Waals surface area contributed by atoms with Crippen molar-refractivity contribution in [2.75, 3.05) is 11.4 Å². The van der Waals surface area contributed by atoms with Gasteiger partial charge in [-0.25, -0.2) is 13.1 Å². The summed E-state index contributed by atoms with van der Waals surface area (Å²) in [4.78, 5) is 18.6. The molecule has 3 heterocycles. The number of pyridine rings is 1. The third-order valence-electron chi connectivity index (χ3n) is 4.87. The van der Waals surface area contributed by atoms with Crippen LogP contribution in [0.25, 0.3) is 0 Å². The van der Waals surface area contributed by atoms with E-state index in [1.54, 1.807) is 35.4 Å². The second-order valence-corrected chi connectivity index (χ2v) is 8.25. The number of rotatable bonds is 4. The summed E-state index contributed by atoms with van der Waals surface area (Å²) in [6.45, 7) is 2.69. The zero-order valence-corrected chi connectivity index (χ0v) is 14.7. The Morgan fingerprint density at radius 2 is 2.16 bits per heavy atom. The molecule has 1 N–H and O–H groups in total. The number of aromatic nitrogens is 1. The van der Waals surface area contributed by atoms with Crippen molar-refractivity contribution in [1.29, 1.82) is 0 Å².